The predicted octanol–water partition coefficient (Wildman–Crippen LogP) is 3.07. The third-order valence-corrected chi connectivity index (χ3v) is 5.49. The van der Waals surface area contributed by atoms with Gasteiger partial charge in [0, 0.05) is 0 Å². The van der Waals surface area contributed by atoms with Crippen LogP contribution in [0.4, 0.5) is 0 Å². The molecule has 0 saturated carbocycles. The highest BCUT2D eigenvalue weighted by atomic mass is 31.1. The highest BCUT2D eigenvalue weighted by Gasteiger charge is 2.15. The normalized spacial score (nSPS) is 10.5. The minimum atomic E-state index is -0.495. The molecule has 0 aliphatic carbocycles. The number of carbonyl (C=O) groups excluding carboxylic acids is 1. The number of hydrogen-bond acceptors (Lipinski definition) is 2. The van der Waals surface area contributed by atoms with E-state index in [1.54, 1.807) is 0 Å². The Labute approximate surface area is 121 Å². The number of ether oxygens (including phenoxy) is 1. The van der Waals surface area contributed by atoms with Gasteiger partial charge in [0.1, 0.15) is 0 Å². The molecule has 0 spiro atoms. The zero-order valence-electron chi connectivity index (χ0n) is 11.7. The summed E-state index contributed by atoms with van der Waals surface area (Å²) in [5.74, 6) is -0.105. The van der Waals surface area contributed by atoms with Crippen molar-refractivity contribution in [2.75, 3.05) is 12.8 Å². The third kappa shape index (κ3) is 4.18. The Hall–Kier alpha value is -1.66. The highest BCUT2D eigenvalue weighted by Crippen LogP contribution is 2.34. The summed E-state index contributed by atoms with van der Waals surface area (Å²) in [6.07, 6.45) is 1.31. The molecule has 0 atom stereocenters. The number of rotatable bonds is 6. The van der Waals surface area contributed by atoms with E-state index in [9.17, 15) is 4.79 Å². The molecule has 2 nitrogen and oxygen atoms in total. The Morgan fingerprint density at radius 2 is 1.45 bits per heavy atom. The molecule has 0 unspecified atom stereocenters. The fraction of sp³-hybridized carbons (Fsp3) is 0.235. The summed E-state index contributed by atoms with van der Waals surface area (Å²) in [7, 11) is -0.495. The molecular weight excluding hydrogens is 267 g/mol. The van der Waals surface area contributed by atoms with E-state index in [0.29, 0.717) is 13.0 Å². The second kappa shape index (κ2) is 7.81. The zero-order valence-corrected chi connectivity index (χ0v) is 12.6. The van der Waals surface area contributed by atoms with Gasteiger partial charge in [-0.3, -0.25) is 4.79 Å². The van der Waals surface area contributed by atoms with Gasteiger partial charge in [-0.05, 0) is 31.6 Å². The largest absolute Gasteiger partial charge is 0.466 e. The van der Waals surface area contributed by atoms with Crippen molar-refractivity contribution in [3.8, 4) is 0 Å². The molecule has 2 aromatic carbocycles. The molecule has 104 valence electrons. The van der Waals surface area contributed by atoms with Crippen molar-refractivity contribution >= 4 is 24.5 Å². The van der Waals surface area contributed by atoms with E-state index in [4.69, 9.17) is 4.74 Å². The predicted molar refractivity (Wildman–Crippen MR) is 85.2 cm³/mol. The molecule has 0 heterocycles. The zero-order chi connectivity index (χ0) is 14.2. The molecule has 0 aliphatic rings. The van der Waals surface area contributed by atoms with Gasteiger partial charge in [0.05, 0.1) is 13.0 Å². The van der Waals surface area contributed by atoms with E-state index >= 15 is 0 Å². The molecule has 2 rings (SSSR count). The maximum atomic E-state index is 11.6. The van der Waals surface area contributed by atoms with Gasteiger partial charge in [0.25, 0.3) is 0 Å². The van der Waals surface area contributed by atoms with E-state index in [-0.39, 0.29) is 5.97 Å². The van der Waals surface area contributed by atoms with Crippen LogP contribution in [-0.4, -0.2) is 18.7 Å². The maximum Gasteiger partial charge on any atom is 0.306 e. The van der Waals surface area contributed by atoms with E-state index in [1.165, 1.54) is 10.6 Å². The van der Waals surface area contributed by atoms with Gasteiger partial charge < -0.3 is 4.74 Å². The Bertz CT molecular complexity index is 486. The molecule has 0 aliphatic heterocycles. The number of hydrogen-bond donors (Lipinski definition) is 0. The van der Waals surface area contributed by atoms with Crippen LogP contribution in [0.2, 0.25) is 0 Å². The summed E-state index contributed by atoms with van der Waals surface area (Å²) in [5, 5.41) is 2.61. The van der Waals surface area contributed by atoms with Gasteiger partial charge >= 0.3 is 5.97 Å². The van der Waals surface area contributed by atoms with Crippen LogP contribution in [0.5, 0.6) is 0 Å². The summed E-state index contributed by atoms with van der Waals surface area (Å²) < 4.78 is 5.04. The van der Waals surface area contributed by atoms with Crippen molar-refractivity contribution in [2.45, 2.75) is 13.3 Å². The van der Waals surface area contributed by atoms with Crippen LogP contribution < -0.4 is 10.6 Å². The summed E-state index contributed by atoms with van der Waals surface area (Å²) in [4.78, 5) is 11.6. The maximum absolute atomic E-state index is 11.6. The van der Waals surface area contributed by atoms with Crippen molar-refractivity contribution in [1.29, 1.82) is 0 Å². The lowest BCUT2D eigenvalue weighted by atomic mass is 10.4. The quantitative estimate of drug-likeness (QED) is 0.602. The molecule has 0 amide bonds. The van der Waals surface area contributed by atoms with E-state index < -0.39 is 7.92 Å². The molecular formula is C17H19O2P. The van der Waals surface area contributed by atoms with Crippen molar-refractivity contribution in [3.63, 3.8) is 0 Å². The Balaban J connectivity index is 2.15. The van der Waals surface area contributed by atoms with E-state index in [0.717, 1.165) is 6.16 Å². The molecule has 0 aromatic heterocycles. The SMILES string of the molecule is CCOC(=O)CCP(c1ccccc1)c1ccccc1. The fourth-order valence-corrected chi connectivity index (χ4v) is 4.34. The molecule has 2 aromatic rings. The number of benzene rings is 2. The number of esters is 1. The highest BCUT2D eigenvalue weighted by molar-refractivity contribution is 7.73. The topological polar surface area (TPSA) is 26.3 Å². The second-order valence-corrected chi connectivity index (χ2v) is 6.71. The van der Waals surface area contributed by atoms with Crippen LogP contribution in [0, 0.1) is 0 Å². The Kier molecular flexibility index (Phi) is 5.76. The average molecular weight is 286 g/mol. The van der Waals surface area contributed by atoms with Crippen LogP contribution in [0.3, 0.4) is 0 Å². The first-order valence-corrected chi connectivity index (χ1v) is 8.37. The molecule has 0 N–H and O–H groups in total. The summed E-state index contributed by atoms with van der Waals surface area (Å²) in [5.41, 5.74) is 0. The first-order chi connectivity index (χ1) is 9.81. The molecule has 0 fully saturated rings. The number of carbonyl (C=O) groups is 1. The lowest BCUT2D eigenvalue weighted by Gasteiger charge is -2.18. The third-order valence-electron chi connectivity index (χ3n) is 2.98. The fourth-order valence-electron chi connectivity index (χ4n) is 2.06. The monoisotopic (exact) mass is 286 g/mol. The van der Waals surface area contributed by atoms with Gasteiger partial charge in [0.15, 0.2) is 0 Å². The van der Waals surface area contributed by atoms with Gasteiger partial charge in [-0.2, -0.15) is 0 Å². The molecule has 0 saturated heterocycles. The average Bonchev–Trinajstić information content (AvgIpc) is 2.50. The van der Waals surface area contributed by atoms with Crippen molar-refractivity contribution in [1.82, 2.24) is 0 Å². The van der Waals surface area contributed by atoms with Crippen molar-refractivity contribution in [3.05, 3.63) is 60.7 Å². The summed E-state index contributed by atoms with van der Waals surface area (Å²) in [6.45, 7) is 2.29. The van der Waals surface area contributed by atoms with Gasteiger partial charge in [0.2, 0.25) is 0 Å². The Morgan fingerprint density at radius 1 is 0.950 bits per heavy atom. The lowest BCUT2D eigenvalue weighted by Crippen LogP contribution is -2.16. The second-order valence-electron chi connectivity index (χ2n) is 4.38. The summed E-state index contributed by atoms with van der Waals surface area (Å²) in [6, 6.07) is 20.8. The van der Waals surface area contributed by atoms with Gasteiger partial charge in [-0.15, -0.1) is 0 Å². The molecule has 3 heteroatoms. The Morgan fingerprint density at radius 3 is 1.90 bits per heavy atom. The lowest BCUT2D eigenvalue weighted by molar-refractivity contribution is -0.142. The van der Waals surface area contributed by atoms with Gasteiger partial charge in [-0.1, -0.05) is 60.7 Å². The van der Waals surface area contributed by atoms with Crippen LogP contribution in [0.15, 0.2) is 60.7 Å². The van der Waals surface area contributed by atoms with Gasteiger partial charge in [-0.25, -0.2) is 0 Å². The molecule has 0 radical (unpaired) electrons. The first-order valence-electron chi connectivity index (χ1n) is 6.84. The smallest absolute Gasteiger partial charge is 0.306 e. The van der Waals surface area contributed by atoms with Crippen LogP contribution in [-0.2, 0) is 9.53 Å². The van der Waals surface area contributed by atoms with Crippen molar-refractivity contribution < 1.29 is 9.53 Å². The standard InChI is InChI=1S/C17H19O2P/c1-2-19-17(18)13-14-20(15-9-5-3-6-10-15)16-11-7-4-8-12-16/h3-12H,2,13-14H2,1H3. The van der Waals surface area contributed by atoms with Crippen molar-refractivity contribution in [2.24, 2.45) is 0 Å². The molecule has 20 heavy (non-hydrogen) atoms. The minimum absolute atomic E-state index is 0.105. The first kappa shape index (κ1) is 14.7. The summed E-state index contributed by atoms with van der Waals surface area (Å²) >= 11 is 0. The van der Waals surface area contributed by atoms with E-state index in [1.807, 2.05) is 19.1 Å². The minimum Gasteiger partial charge on any atom is -0.466 e. The van der Waals surface area contributed by atoms with E-state index in [2.05, 4.69) is 48.5 Å². The molecule has 0 bridgehead atoms. The van der Waals surface area contributed by atoms with Crippen LogP contribution >= 0.6 is 7.92 Å². The van der Waals surface area contributed by atoms with Crippen LogP contribution in [0.1, 0.15) is 13.3 Å². The van der Waals surface area contributed by atoms with Crippen LogP contribution in [0.25, 0.3) is 0 Å².